The van der Waals surface area contributed by atoms with Crippen molar-refractivity contribution in [2.45, 2.75) is 6.92 Å². The zero-order valence-electron chi connectivity index (χ0n) is 16.2. The zero-order chi connectivity index (χ0) is 20.9. The molecule has 4 rings (SSSR count). The summed E-state index contributed by atoms with van der Waals surface area (Å²) in [4.78, 5) is 20.9. The summed E-state index contributed by atoms with van der Waals surface area (Å²) in [6.45, 7) is 2.05. The van der Waals surface area contributed by atoms with E-state index in [2.05, 4.69) is 31.2 Å². The van der Waals surface area contributed by atoms with Crippen LogP contribution in [0.25, 0.3) is 11.1 Å². The fourth-order valence-corrected chi connectivity index (χ4v) is 3.04. The van der Waals surface area contributed by atoms with Crippen LogP contribution >= 0.6 is 15.9 Å². The minimum atomic E-state index is -0.192. The number of rotatable bonds is 5. The van der Waals surface area contributed by atoms with E-state index in [9.17, 15) is 4.79 Å². The number of anilines is 1. The van der Waals surface area contributed by atoms with Gasteiger partial charge < -0.3 is 10.1 Å². The molecule has 3 aromatic carbocycles. The molecule has 1 heterocycles. The van der Waals surface area contributed by atoms with Gasteiger partial charge in [-0.05, 0) is 61.0 Å². The summed E-state index contributed by atoms with van der Waals surface area (Å²) in [5.74, 6) is 0.362. The summed E-state index contributed by atoms with van der Waals surface area (Å²) in [5.41, 5.74) is 4.43. The molecule has 1 N–H and O–H groups in total. The van der Waals surface area contributed by atoms with Crippen molar-refractivity contribution >= 4 is 27.5 Å². The summed E-state index contributed by atoms with van der Waals surface area (Å²) in [5, 5.41) is 2.85. The topological polar surface area (TPSA) is 64.1 Å². The van der Waals surface area contributed by atoms with Crippen LogP contribution < -0.4 is 10.1 Å². The minimum Gasteiger partial charge on any atom is -0.424 e. The van der Waals surface area contributed by atoms with E-state index in [1.165, 1.54) is 5.56 Å². The zero-order valence-corrected chi connectivity index (χ0v) is 17.8. The predicted molar refractivity (Wildman–Crippen MR) is 121 cm³/mol. The smallest absolute Gasteiger partial charge is 0.321 e. The number of amides is 1. The van der Waals surface area contributed by atoms with Crippen molar-refractivity contribution in [2.24, 2.45) is 0 Å². The number of nitrogens with zero attached hydrogens (tertiary/aromatic N) is 2. The van der Waals surface area contributed by atoms with E-state index >= 15 is 0 Å². The molecule has 0 bridgehead atoms. The largest absolute Gasteiger partial charge is 0.424 e. The first kappa shape index (κ1) is 19.8. The average Bonchev–Trinajstić information content (AvgIpc) is 2.77. The molecule has 0 aliphatic carbocycles. The van der Waals surface area contributed by atoms with E-state index in [4.69, 9.17) is 4.74 Å². The molecule has 0 spiro atoms. The van der Waals surface area contributed by atoms with Crippen molar-refractivity contribution in [3.8, 4) is 22.9 Å². The van der Waals surface area contributed by atoms with Gasteiger partial charge in [0.05, 0.1) is 0 Å². The quantitative estimate of drug-likeness (QED) is 0.382. The highest BCUT2D eigenvalue weighted by molar-refractivity contribution is 9.10. The number of aryl methyl sites for hydroxylation is 1. The van der Waals surface area contributed by atoms with Gasteiger partial charge in [0.2, 0.25) is 0 Å². The highest BCUT2D eigenvalue weighted by Gasteiger charge is 2.08. The molecule has 1 aromatic heterocycles. The SMILES string of the molecule is Cc1ccc(-c2cnc(Oc3ccc(C(=O)Nc4ccc(Br)cc4)cc3)nc2)cc1. The Kier molecular flexibility index (Phi) is 5.86. The van der Waals surface area contributed by atoms with Gasteiger partial charge in [0.25, 0.3) is 5.91 Å². The molecule has 148 valence electrons. The van der Waals surface area contributed by atoms with Crippen LogP contribution in [0.1, 0.15) is 15.9 Å². The Labute approximate surface area is 182 Å². The lowest BCUT2D eigenvalue weighted by atomic mass is 10.1. The minimum absolute atomic E-state index is 0.192. The first-order chi connectivity index (χ1) is 14.6. The molecule has 0 radical (unpaired) electrons. The molecule has 4 aromatic rings. The van der Waals surface area contributed by atoms with E-state index in [0.717, 1.165) is 21.3 Å². The fraction of sp³-hybridized carbons (Fsp3) is 0.0417. The van der Waals surface area contributed by atoms with Crippen LogP contribution in [0, 0.1) is 6.92 Å². The highest BCUT2D eigenvalue weighted by Crippen LogP contribution is 2.22. The Morgan fingerprint density at radius 2 is 1.47 bits per heavy atom. The maximum atomic E-state index is 12.4. The number of carbonyl (C=O) groups excluding carboxylic acids is 1. The normalized spacial score (nSPS) is 10.5. The van der Waals surface area contributed by atoms with Gasteiger partial charge in [-0.1, -0.05) is 45.8 Å². The van der Waals surface area contributed by atoms with E-state index in [-0.39, 0.29) is 11.9 Å². The van der Waals surface area contributed by atoms with Gasteiger partial charge in [-0.3, -0.25) is 4.79 Å². The maximum absolute atomic E-state index is 12.4. The van der Waals surface area contributed by atoms with Crippen molar-refractivity contribution in [3.63, 3.8) is 0 Å². The molecular weight excluding hydrogens is 442 g/mol. The van der Waals surface area contributed by atoms with Gasteiger partial charge in [0.15, 0.2) is 0 Å². The third-order valence-electron chi connectivity index (χ3n) is 4.44. The Morgan fingerprint density at radius 1 is 0.833 bits per heavy atom. The Bertz CT molecular complexity index is 1140. The van der Waals surface area contributed by atoms with Crippen LogP contribution in [0.2, 0.25) is 0 Å². The standard InChI is InChI=1S/C24H18BrN3O2/c1-16-2-4-17(5-3-16)19-14-26-24(27-15-19)30-22-12-6-18(7-13-22)23(29)28-21-10-8-20(25)9-11-21/h2-15H,1H3,(H,28,29). The van der Waals surface area contributed by atoms with Crippen LogP contribution in [0.3, 0.4) is 0 Å². The molecule has 0 saturated heterocycles. The monoisotopic (exact) mass is 459 g/mol. The van der Waals surface area contributed by atoms with Crippen LogP contribution in [-0.4, -0.2) is 15.9 Å². The number of halogens is 1. The maximum Gasteiger partial charge on any atom is 0.321 e. The van der Waals surface area contributed by atoms with Gasteiger partial charge in [-0.2, -0.15) is 0 Å². The van der Waals surface area contributed by atoms with Gasteiger partial charge in [0.1, 0.15) is 5.75 Å². The van der Waals surface area contributed by atoms with E-state index < -0.39 is 0 Å². The molecular formula is C24H18BrN3O2. The summed E-state index contributed by atoms with van der Waals surface area (Å²) in [6, 6.07) is 22.6. The third kappa shape index (κ3) is 4.90. The molecule has 1 amide bonds. The highest BCUT2D eigenvalue weighted by atomic mass is 79.9. The lowest BCUT2D eigenvalue weighted by Gasteiger charge is -2.07. The molecule has 0 unspecified atom stereocenters. The van der Waals surface area contributed by atoms with Gasteiger partial charge >= 0.3 is 6.01 Å². The van der Waals surface area contributed by atoms with Crippen molar-refractivity contribution in [2.75, 3.05) is 5.32 Å². The number of hydrogen-bond acceptors (Lipinski definition) is 4. The lowest BCUT2D eigenvalue weighted by Crippen LogP contribution is -2.11. The molecule has 30 heavy (non-hydrogen) atoms. The third-order valence-corrected chi connectivity index (χ3v) is 4.97. The number of ether oxygens (including phenoxy) is 1. The van der Waals surface area contributed by atoms with Crippen LogP contribution in [0.4, 0.5) is 5.69 Å². The van der Waals surface area contributed by atoms with E-state index in [0.29, 0.717) is 11.3 Å². The van der Waals surface area contributed by atoms with E-state index in [1.807, 2.05) is 55.5 Å². The van der Waals surface area contributed by atoms with E-state index in [1.54, 1.807) is 36.7 Å². The first-order valence-electron chi connectivity index (χ1n) is 9.31. The van der Waals surface area contributed by atoms with Crippen molar-refractivity contribution in [1.82, 2.24) is 9.97 Å². The summed E-state index contributed by atoms with van der Waals surface area (Å²) >= 11 is 3.37. The first-order valence-corrected chi connectivity index (χ1v) is 10.1. The molecule has 0 aliphatic rings. The number of carbonyl (C=O) groups is 1. The average molecular weight is 460 g/mol. The molecule has 5 nitrogen and oxygen atoms in total. The molecule has 0 aliphatic heterocycles. The second-order valence-electron chi connectivity index (χ2n) is 6.71. The number of benzene rings is 3. The van der Waals surface area contributed by atoms with Crippen molar-refractivity contribution in [3.05, 3.63) is 101 Å². The van der Waals surface area contributed by atoms with Crippen molar-refractivity contribution < 1.29 is 9.53 Å². The summed E-state index contributed by atoms with van der Waals surface area (Å²) < 4.78 is 6.65. The Balaban J connectivity index is 1.40. The lowest BCUT2D eigenvalue weighted by molar-refractivity contribution is 0.102. The Morgan fingerprint density at radius 3 is 2.10 bits per heavy atom. The molecule has 0 saturated carbocycles. The Hall–Kier alpha value is -3.51. The second-order valence-corrected chi connectivity index (χ2v) is 7.62. The van der Waals surface area contributed by atoms with Crippen LogP contribution in [0.5, 0.6) is 11.8 Å². The van der Waals surface area contributed by atoms with Gasteiger partial charge in [-0.15, -0.1) is 0 Å². The fourth-order valence-electron chi connectivity index (χ4n) is 2.78. The van der Waals surface area contributed by atoms with Crippen LogP contribution in [-0.2, 0) is 0 Å². The second kappa shape index (κ2) is 8.88. The van der Waals surface area contributed by atoms with Gasteiger partial charge in [0, 0.05) is 33.7 Å². The summed E-state index contributed by atoms with van der Waals surface area (Å²) in [6.07, 6.45) is 3.46. The predicted octanol–water partition coefficient (Wildman–Crippen LogP) is 6.26. The number of aromatic nitrogens is 2. The molecule has 0 fully saturated rings. The molecule has 6 heteroatoms. The number of nitrogens with one attached hydrogen (secondary N) is 1. The van der Waals surface area contributed by atoms with Crippen LogP contribution in [0.15, 0.2) is 89.7 Å². The van der Waals surface area contributed by atoms with Gasteiger partial charge in [-0.25, -0.2) is 9.97 Å². The van der Waals surface area contributed by atoms with Crippen molar-refractivity contribution in [1.29, 1.82) is 0 Å². The molecule has 0 atom stereocenters. The number of hydrogen-bond donors (Lipinski definition) is 1. The summed E-state index contributed by atoms with van der Waals surface area (Å²) in [7, 11) is 0.